The molecule has 2 unspecified atom stereocenters. The van der Waals surface area contributed by atoms with Crippen molar-refractivity contribution in [2.45, 2.75) is 44.3 Å². The van der Waals surface area contributed by atoms with Gasteiger partial charge in [0.15, 0.2) is 0 Å². The molecule has 1 aromatic carbocycles. The van der Waals surface area contributed by atoms with Gasteiger partial charge in [-0.2, -0.15) is 0 Å². The predicted molar refractivity (Wildman–Crippen MR) is 71.8 cm³/mol. The fourth-order valence-corrected chi connectivity index (χ4v) is 2.95. The largest absolute Gasteiger partial charge is 0.385 e. The highest BCUT2D eigenvalue weighted by molar-refractivity contribution is 9.10. The third-order valence-electron chi connectivity index (χ3n) is 3.55. The van der Waals surface area contributed by atoms with E-state index in [2.05, 4.69) is 15.9 Å². The molecule has 0 bridgehead atoms. The summed E-state index contributed by atoms with van der Waals surface area (Å²) >= 11 is 3.03. The molecule has 1 fully saturated rings. The van der Waals surface area contributed by atoms with E-state index in [1.165, 1.54) is 12.1 Å². The van der Waals surface area contributed by atoms with Gasteiger partial charge in [0.25, 0.3) is 0 Å². The molecule has 0 aliphatic carbocycles. The van der Waals surface area contributed by atoms with Crippen molar-refractivity contribution in [3.63, 3.8) is 0 Å². The molecule has 5 heteroatoms. The van der Waals surface area contributed by atoms with Crippen LogP contribution >= 0.6 is 15.9 Å². The first kappa shape index (κ1) is 14.9. The Bertz CT molecular complexity index is 465. The minimum atomic E-state index is -1.49. The molecule has 0 amide bonds. The average molecular weight is 335 g/mol. The van der Waals surface area contributed by atoms with E-state index in [0.717, 1.165) is 12.8 Å². The lowest BCUT2D eigenvalue weighted by atomic mass is 9.82. The van der Waals surface area contributed by atoms with Crippen LogP contribution in [0.25, 0.3) is 0 Å². The summed E-state index contributed by atoms with van der Waals surface area (Å²) in [6.07, 6.45) is 1.97. The van der Waals surface area contributed by atoms with E-state index >= 15 is 0 Å². The van der Waals surface area contributed by atoms with Gasteiger partial charge < -0.3 is 9.84 Å². The van der Waals surface area contributed by atoms with Crippen LogP contribution in [0.2, 0.25) is 0 Å². The maximum atomic E-state index is 14.1. The summed E-state index contributed by atoms with van der Waals surface area (Å²) in [7, 11) is 0. The van der Waals surface area contributed by atoms with Crippen molar-refractivity contribution in [3.8, 4) is 0 Å². The highest BCUT2D eigenvalue weighted by Gasteiger charge is 2.40. The molecule has 1 heterocycles. The van der Waals surface area contributed by atoms with E-state index in [1.807, 2.05) is 6.92 Å². The van der Waals surface area contributed by atoms with Gasteiger partial charge in [-0.05, 0) is 34.5 Å². The van der Waals surface area contributed by atoms with Gasteiger partial charge in [-0.15, -0.1) is 0 Å². The first-order valence-corrected chi connectivity index (χ1v) is 7.25. The highest BCUT2D eigenvalue weighted by Crippen LogP contribution is 2.40. The summed E-state index contributed by atoms with van der Waals surface area (Å²) in [6.45, 7) is 2.32. The standard InChI is InChI=1S/C14H17BrF2O2/c1-2-3-9-8-14(18,6-7-19-9)12-11(16)5-4-10(15)13(12)17/h4-5,9,18H,2-3,6-8H2,1H3. The van der Waals surface area contributed by atoms with E-state index < -0.39 is 17.2 Å². The number of halogens is 3. The van der Waals surface area contributed by atoms with Crippen LogP contribution < -0.4 is 0 Å². The van der Waals surface area contributed by atoms with Gasteiger partial charge in [-0.3, -0.25) is 0 Å². The topological polar surface area (TPSA) is 29.5 Å². The van der Waals surface area contributed by atoms with Crippen LogP contribution in [-0.4, -0.2) is 17.8 Å². The van der Waals surface area contributed by atoms with Crippen molar-refractivity contribution in [1.82, 2.24) is 0 Å². The van der Waals surface area contributed by atoms with Crippen LogP contribution in [0.1, 0.15) is 38.2 Å². The Morgan fingerprint density at radius 1 is 1.47 bits per heavy atom. The summed E-state index contributed by atoms with van der Waals surface area (Å²) < 4.78 is 33.7. The van der Waals surface area contributed by atoms with E-state index in [1.54, 1.807) is 0 Å². The van der Waals surface area contributed by atoms with Crippen LogP contribution in [0.4, 0.5) is 8.78 Å². The number of benzene rings is 1. The Balaban J connectivity index is 2.36. The van der Waals surface area contributed by atoms with Gasteiger partial charge >= 0.3 is 0 Å². The summed E-state index contributed by atoms with van der Waals surface area (Å²) in [5.74, 6) is -1.43. The van der Waals surface area contributed by atoms with E-state index in [9.17, 15) is 13.9 Å². The zero-order valence-corrected chi connectivity index (χ0v) is 12.3. The highest BCUT2D eigenvalue weighted by atomic mass is 79.9. The third kappa shape index (κ3) is 2.98. The second-order valence-electron chi connectivity index (χ2n) is 4.99. The van der Waals surface area contributed by atoms with Crippen LogP contribution in [0.5, 0.6) is 0 Å². The van der Waals surface area contributed by atoms with E-state index in [0.29, 0.717) is 6.61 Å². The predicted octanol–water partition coefficient (Wildman–Crippen LogP) is 3.89. The number of hydrogen-bond donors (Lipinski definition) is 1. The lowest BCUT2D eigenvalue weighted by Gasteiger charge is -2.37. The van der Waals surface area contributed by atoms with E-state index in [-0.39, 0.29) is 29.0 Å². The molecule has 1 aliphatic rings. The number of rotatable bonds is 3. The number of hydrogen-bond acceptors (Lipinski definition) is 2. The zero-order valence-electron chi connectivity index (χ0n) is 10.8. The zero-order chi connectivity index (χ0) is 14.0. The quantitative estimate of drug-likeness (QED) is 0.849. The number of aliphatic hydroxyl groups is 1. The van der Waals surface area contributed by atoms with Gasteiger partial charge in [0.2, 0.25) is 0 Å². The minimum Gasteiger partial charge on any atom is -0.385 e. The van der Waals surface area contributed by atoms with Crippen molar-refractivity contribution in [1.29, 1.82) is 0 Å². The molecule has 2 nitrogen and oxygen atoms in total. The first-order valence-electron chi connectivity index (χ1n) is 6.46. The summed E-state index contributed by atoms with van der Waals surface area (Å²) in [5.41, 5.74) is -1.73. The van der Waals surface area contributed by atoms with Gasteiger partial charge in [-0.25, -0.2) is 8.78 Å². The molecule has 2 rings (SSSR count). The Morgan fingerprint density at radius 2 is 2.21 bits per heavy atom. The fourth-order valence-electron chi connectivity index (χ4n) is 2.62. The molecule has 0 radical (unpaired) electrons. The Morgan fingerprint density at radius 3 is 2.89 bits per heavy atom. The monoisotopic (exact) mass is 334 g/mol. The van der Waals surface area contributed by atoms with Crippen molar-refractivity contribution in [2.24, 2.45) is 0 Å². The second-order valence-corrected chi connectivity index (χ2v) is 5.84. The molecule has 1 N–H and O–H groups in total. The van der Waals surface area contributed by atoms with Crippen LogP contribution in [0.3, 0.4) is 0 Å². The van der Waals surface area contributed by atoms with Gasteiger partial charge in [0, 0.05) is 12.8 Å². The van der Waals surface area contributed by atoms with Crippen molar-refractivity contribution in [3.05, 3.63) is 33.8 Å². The van der Waals surface area contributed by atoms with Crippen molar-refractivity contribution in [2.75, 3.05) is 6.61 Å². The van der Waals surface area contributed by atoms with Gasteiger partial charge in [0.1, 0.15) is 17.2 Å². The summed E-state index contributed by atoms with van der Waals surface area (Å²) in [6, 6.07) is 2.48. The molecule has 1 saturated heterocycles. The molecule has 0 aromatic heterocycles. The molecule has 2 atom stereocenters. The summed E-state index contributed by atoms with van der Waals surface area (Å²) in [4.78, 5) is 0. The van der Waals surface area contributed by atoms with Gasteiger partial charge in [-0.1, -0.05) is 13.3 Å². The Kier molecular flexibility index (Phi) is 4.58. The molecular formula is C14H17BrF2O2. The number of ether oxygens (including phenoxy) is 1. The van der Waals surface area contributed by atoms with Gasteiger partial charge in [0.05, 0.1) is 22.7 Å². The Hall–Kier alpha value is -0.520. The summed E-state index contributed by atoms with van der Waals surface area (Å²) in [5, 5.41) is 10.6. The lowest BCUT2D eigenvalue weighted by molar-refractivity contribution is -0.112. The second kappa shape index (κ2) is 5.85. The normalized spacial score (nSPS) is 27.5. The third-order valence-corrected chi connectivity index (χ3v) is 4.17. The molecule has 1 aliphatic heterocycles. The van der Waals surface area contributed by atoms with Crippen LogP contribution in [0.15, 0.2) is 16.6 Å². The molecular weight excluding hydrogens is 318 g/mol. The van der Waals surface area contributed by atoms with E-state index in [4.69, 9.17) is 4.74 Å². The van der Waals surface area contributed by atoms with Crippen molar-refractivity contribution >= 4 is 15.9 Å². The first-order chi connectivity index (χ1) is 8.98. The molecule has 0 saturated carbocycles. The fraction of sp³-hybridized carbons (Fsp3) is 0.571. The maximum absolute atomic E-state index is 14.1. The van der Waals surface area contributed by atoms with Crippen molar-refractivity contribution < 1.29 is 18.6 Å². The molecule has 0 spiro atoms. The lowest BCUT2D eigenvalue weighted by Crippen LogP contribution is -2.40. The minimum absolute atomic E-state index is 0.151. The molecule has 19 heavy (non-hydrogen) atoms. The molecule has 1 aromatic rings. The Labute approximate surface area is 119 Å². The molecule has 106 valence electrons. The SMILES string of the molecule is CCCC1CC(O)(c2c(F)ccc(Br)c2F)CCO1. The van der Waals surface area contributed by atoms with Crippen LogP contribution in [-0.2, 0) is 10.3 Å². The average Bonchev–Trinajstić information content (AvgIpc) is 2.35. The smallest absolute Gasteiger partial charge is 0.146 e. The van der Waals surface area contributed by atoms with Crippen LogP contribution in [0, 0.1) is 11.6 Å². The maximum Gasteiger partial charge on any atom is 0.146 e.